The molecule has 0 radical (unpaired) electrons. The fraction of sp³-hybridized carbons (Fsp3) is 0.143. The van der Waals surface area contributed by atoms with Gasteiger partial charge in [-0.2, -0.15) is 13.2 Å². The predicted molar refractivity (Wildman–Crippen MR) is 103 cm³/mol. The molecule has 31 heavy (non-hydrogen) atoms. The van der Waals surface area contributed by atoms with Crippen LogP contribution in [0.15, 0.2) is 53.3 Å². The molecule has 0 spiro atoms. The lowest BCUT2D eigenvalue weighted by Gasteiger charge is -2.15. The van der Waals surface area contributed by atoms with Gasteiger partial charge in [0.15, 0.2) is 11.3 Å². The van der Waals surface area contributed by atoms with Gasteiger partial charge >= 0.3 is 12.1 Å². The van der Waals surface area contributed by atoms with Gasteiger partial charge in [0.1, 0.15) is 11.3 Å². The maximum atomic E-state index is 13.3. The number of halogens is 4. The number of benzene rings is 2. The van der Waals surface area contributed by atoms with Gasteiger partial charge in [0.05, 0.1) is 24.7 Å². The Bertz CT molecular complexity index is 1390. The van der Waals surface area contributed by atoms with Gasteiger partial charge < -0.3 is 9.84 Å². The van der Waals surface area contributed by atoms with Crippen molar-refractivity contribution in [1.29, 1.82) is 0 Å². The Morgan fingerprint density at radius 3 is 2.35 bits per heavy atom. The maximum Gasteiger partial charge on any atom is 0.416 e. The number of carbonyl (C=O) groups excluding carboxylic acids is 1. The highest BCUT2D eigenvalue weighted by molar-refractivity contribution is 5.97. The van der Waals surface area contributed by atoms with Gasteiger partial charge in [-0.05, 0) is 35.9 Å². The van der Waals surface area contributed by atoms with Crippen LogP contribution < -0.4 is 5.56 Å². The quantitative estimate of drug-likeness (QED) is 0.392. The van der Waals surface area contributed by atoms with Crippen molar-refractivity contribution in [3.8, 4) is 5.75 Å². The van der Waals surface area contributed by atoms with Crippen molar-refractivity contribution in [3.05, 3.63) is 81.4 Å². The summed E-state index contributed by atoms with van der Waals surface area (Å²) in [4.78, 5) is 25.2. The number of carbonyl (C=O) groups is 1. The highest BCUT2D eigenvalue weighted by Gasteiger charge is 2.31. The van der Waals surface area contributed by atoms with Crippen molar-refractivity contribution < 1.29 is 32.2 Å². The minimum atomic E-state index is -4.63. The van der Waals surface area contributed by atoms with E-state index in [-0.39, 0.29) is 17.6 Å². The maximum absolute atomic E-state index is 13.3. The van der Waals surface area contributed by atoms with Crippen LogP contribution in [0.25, 0.3) is 16.4 Å². The topological polar surface area (TPSA) is 72.9 Å². The fourth-order valence-electron chi connectivity index (χ4n) is 3.43. The van der Waals surface area contributed by atoms with Gasteiger partial charge in [-0.15, -0.1) is 0 Å². The van der Waals surface area contributed by atoms with Crippen LogP contribution in [-0.2, 0) is 17.5 Å². The Balaban J connectivity index is 2.10. The third kappa shape index (κ3) is 3.39. The van der Waals surface area contributed by atoms with E-state index in [2.05, 4.69) is 4.74 Å². The van der Waals surface area contributed by atoms with E-state index in [0.29, 0.717) is 10.9 Å². The van der Waals surface area contributed by atoms with Crippen LogP contribution >= 0.6 is 0 Å². The summed E-state index contributed by atoms with van der Waals surface area (Å²) in [7, 11) is 1.03. The molecule has 0 aliphatic carbocycles. The van der Waals surface area contributed by atoms with Crippen LogP contribution in [0.4, 0.5) is 17.6 Å². The number of hydrogen-bond donors (Lipinski definition) is 1. The second-order valence-electron chi connectivity index (χ2n) is 6.82. The summed E-state index contributed by atoms with van der Waals surface area (Å²) < 4.78 is 59.7. The molecule has 10 heteroatoms. The Labute approximate surface area is 171 Å². The molecular formula is C21H14F4N2O4. The number of rotatable bonds is 3. The molecule has 4 aromatic rings. The first kappa shape index (κ1) is 20.5. The van der Waals surface area contributed by atoms with Crippen LogP contribution in [0.2, 0.25) is 0 Å². The second-order valence-corrected chi connectivity index (χ2v) is 6.82. The first-order chi connectivity index (χ1) is 14.6. The molecular weight excluding hydrogens is 420 g/mol. The van der Waals surface area contributed by atoms with Crippen LogP contribution in [0.5, 0.6) is 5.75 Å². The van der Waals surface area contributed by atoms with E-state index >= 15 is 0 Å². The molecule has 2 aromatic carbocycles. The molecule has 0 saturated carbocycles. The molecule has 0 atom stereocenters. The zero-order valence-corrected chi connectivity index (χ0v) is 15.9. The van der Waals surface area contributed by atoms with E-state index < -0.39 is 40.4 Å². The van der Waals surface area contributed by atoms with Gasteiger partial charge in [-0.25, -0.2) is 18.4 Å². The first-order valence-corrected chi connectivity index (χ1v) is 8.93. The summed E-state index contributed by atoms with van der Waals surface area (Å²) in [6, 6.07) is 9.40. The summed E-state index contributed by atoms with van der Waals surface area (Å²) >= 11 is 0. The van der Waals surface area contributed by atoms with Crippen LogP contribution in [0, 0.1) is 5.82 Å². The van der Waals surface area contributed by atoms with Crippen molar-refractivity contribution in [3.63, 3.8) is 0 Å². The number of aromatic hydroxyl groups is 1. The predicted octanol–water partition coefficient (Wildman–Crippen LogP) is 3.95. The summed E-state index contributed by atoms with van der Waals surface area (Å²) in [5.74, 6) is -2.32. The van der Waals surface area contributed by atoms with E-state index in [1.165, 1.54) is 24.3 Å². The van der Waals surface area contributed by atoms with Crippen molar-refractivity contribution in [2.75, 3.05) is 7.11 Å². The normalized spacial score (nSPS) is 11.9. The number of ether oxygens (including phenoxy) is 1. The SMILES string of the molecule is COC(=O)c1c(O)c2cc3ccc(C(F)(F)F)cc3n2n(Cc2ccc(F)cc2)c1=O. The fourth-order valence-corrected chi connectivity index (χ4v) is 3.43. The van der Waals surface area contributed by atoms with Gasteiger partial charge in [0.2, 0.25) is 0 Å². The molecule has 0 aliphatic rings. The zero-order valence-electron chi connectivity index (χ0n) is 15.9. The minimum absolute atomic E-state index is 0.00393. The molecule has 6 nitrogen and oxygen atoms in total. The van der Waals surface area contributed by atoms with Crippen molar-refractivity contribution in [1.82, 2.24) is 9.20 Å². The van der Waals surface area contributed by atoms with E-state index in [9.17, 15) is 32.3 Å². The Morgan fingerprint density at radius 2 is 1.74 bits per heavy atom. The molecule has 2 aromatic heterocycles. The molecule has 2 heterocycles. The Kier molecular flexibility index (Phi) is 4.72. The van der Waals surface area contributed by atoms with Gasteiger partial charge in [0.25, 0.3) is 5.56 Å². The van der Waals surface area contributed by atoms with Gasteiger partial charge in [-0.3, -0.25) is 4.79 Å². The van der Waals surface area contributed by atoms with Crippen LogP contribution in [-0.4, -0.2) is 27.4 Å². The number of alkyl halides is 3. The zero-order chi connectivity index (χ0) is 22.5. The lowest BCUT2D eigenvalue weighted by Crippen LogP contribution is -2.32. The van der Waals surface area contributed by atoms with Gasteiger partial charge in [-0.1, -0.05) is 18.2 Å². The molecule has 0 fully saturated rings. The third-order valence-corrected chi connectivity index (χ3v) is 4.91. The highest BCUT2D eigenvalue weighted by atomic mass is 19.4. The number of fused-ring (bicyclic) bond motifs is 3. The number of hydrogen-bond acceptors (Lipinski definition) is 4. The molecule has 0 unspecified atom stereocenters. The average molecular weight is 434 g/mol. The van der Waals surface area contributed by atoms with Crippen LogP contribution in [0.3, 0.4) is 0 Å². The minimum Gasteiger partial charge on any atom is -0.505 e. The molecule has 1 N–H and O–H groups in total. The standard InChI is InChI=1S/C21H14F4N2O4/c1-31-20(30)17-18(28)16-8-12-4-5-13(21(23,24)25)9-15(12)27(16)26(19(17)29)10-11-2-6-14(22)7-3-11/h2-9,28H,10H2,1H3. The van der Waals surface area contributed by atoms with Crippen molar-refractivity contribution >= 4 is 22.4 Å². The summed E-state index contributed by atoms with van der Waals surface area (Å²) in [6.45, 7) is -0.208. The van der Waals surface area contributed by atoms with E-state index in [1.807, 2.05) is 0 Å². The lowest BCUT2D eigenvalue weighted by atomic mass is 10.1. The lowest BCUT2D eigenvalue weighted by molar-refractivity contribution is -0.137. The monoisotopic (exact) mass is 434 g/mol. The molecule has 0 bridgehead atoms. The molecule has 0 amide bonds. The van der Waals surface area contributed by atoms with Gasteiger partial charge in [0, 0.05) is 5.39 Å². The third-order valence-electron chi connectivity index (χ3n) is 4.91. The van der Waals surface area contributed by atoms with E-state index in [4.69, 9.17) is 0 Å². The summed E-state index contributed by atoms with van der Waals surface area (Å²) in [5.41, 5.74) is -2.20. The van der Waals surface area contributed by atoms with Crippen LogP contribution in [0.1, 0.15) is 21.5 Å². The van der Waals surface area contributed by atoms with Crippen molar-refractivity contribution in [2.45, 2.75) is 12.7 Å². The second kappa shape index (κ2) is 7.15. The largest absolute Gasteiger partial charge is 0.505 e. The Morgan fingerprint density at radius 1 is 1.06 bits per heavy atom. The van der Waals surface area contributed by atoms with E-state index in [0.717, 1.165) is 40.6 Å². The van der Waals surface area contributed by atoms with Crippen molar-refractivity contribution in [2.24, 2.45) is 0 Å². The summed E-state index contributed by atoms with van der Waals surface area (Å²) in [6.07, 6.45) is -4.63. The molecule has 0 saturated heterocycles. The number of aromatic nitrogens is 2. The molecule has 0 aliphatic heterocycles. The number of methoxy groups -OCH3 is 1. The molecule has 160 valence electrons. The smallest absolute Gasteiger partial charge is 0.416 e. The highest BCUT2D eigenvalue weighted by Crippen LogP contribution is 2.34. The average Bonchev–Trinajstić information content (AvgIpc) is 3.11. The summed E-state index contributed by atoms with van der Waals surface area (Å²) in [5, 5.41) is 10.9. The number of esters is 1. The number of nitrogens with zero attached hydrogens (tertiary/aromatic N) is 2. The molecule has 4 rings (SSSR count). The Hall–Kier alpha value is -3.82. The van der Waals surface area contributed by atoms with E-state index in [1.54, 1.807) is 0 Å². The first-order valence-electron chi connectivity index (χ1n) is 8.93.